The van der Waals surface area contributed by atoms with E-state index in [1.807, 2.05) is 6.20 Å². The van der Waals surface area contributed by atoms with Gasteiger partial charge in [-0.2, -0.15) is 0 Å². The van der Waals surface area contributed by atoms with Gasteiger partial charge in [-0.3, -0.25) is 0 Å². The van der Waals surface area contributed by atoms with Crippen LogP contribution in [0.3, 0.4) is 0 Å². The van der Waals surface area contributed by atoms with Crippen LogP contribution in [0.2, 0.25) is 0 Å². The molecule has 0 aromatic carbocycles. The first-order valence-corrected chi connectivity index (χ1v) is 5.23. The number of hydroxylamine groups is 1. The van der Waals surface area contributed by atoms with E-state index in [4.69, 9.17) is 4.84 Å². The van der Waals surface area contributed by atoms with Gasteiger partial charge in [0.2, 0.25) is 0 Å². The van der Waals surface area contributed by atoms with E-state index in [9.17, 15) is 0 Å². The van der Waals surface area contributed by atoms with Crippen molar-refractivity contribution in [3.8, 4) is 0 Å². The van der Waals surface area contributed by atoms with Crippen molar-refractivity contribution in [3.05, 3.63) is 33.2 Å². The fourth-order valence-corrected chi connectivity index (χ4v) is 3.09. The van der Waals surface area contributed by atoms with Gasteiger partial charge in [0, 0.05) is 15.8 Å². The second-order valence-corrected chi connectivity index (χ2v) is 4.52. The van der Waals surface area contributed by atoms with Crippen LogP contribution in [0.15, 0.2) is 33.2 Å². The molecule has 1 N–H and O–H groups in total. The summed E-state index contributed by atoms with van der Waals surface area (Å²) in [4.78, 5) is 8.96. The molecule has 0 bridgehead atoms. The summed E-state index contributed by atoms with van der Waals surface area (Å²) in [6.45, 7) is 0. The minimum atomic E-state index is 0.940. The van der Waals surface area contributed by atoms with Gasteiger partial charge >= 0.3 is 0 Å². The fraction of sp³-hybridized carbons (Fsp3) is 0. The molecule has 0 spiro atoms. The van der Waals surface area contributed by atoms with Gasteiger partial charge in [-0.05, 0) is 11.4 Å². The van der Waals surface area contributed by atoms with Crippen molar-refractivity contribution in [2.45, 2.75) is 4.90 Å². The van der Waals surface area contributed by atoms with Crippen LogP contribution in [0, 0.1) is 0 Å². The van der Waals surface area contributed by atoms with Gasteiger partial charge in [-0.25, -0.2) is 5.48 Å². The van der Waals surface area contributed by atoms with Crippen LogP contribution in [0.1, 0.15) is 4.88 Å². The molecule has 0 amide bonds. The number of hydrogen-bond acceptors (Lipinski definition) is 4. The molecule has 0 unspecified atom stereocenters. The second-order valence-electron chi connectivity index (χ2n) is 2.49. The van der Waals surface area contributed by atoms with E-state index in [2.05, 4.69) is 23.0 Å². The summed E-state index contributed by atoms with van der Waals surface area (Å²) in [5.41, 5.74) is 2.74. The predicted molar refractivity (Wildman–Crippen MR) is 50.5 cm³/mol. The van der Waals surface area contributed by atoms with Crippen LogP contribution in [0.5, 0.6) is 0 Å². The first kappa shape index (κ1) is 6.62. The lowest BCUT2D eigenvalue weighted by molar-refractivity contribution is 0.173. The van der Waals surface area contributed by atoms with Crippen molar-refractivity contribution in [2.75, 3.05) is 0 Å². The first-order valence-electron chi connectivity index (χ1n) is 3.53. The molecule has 0 saturated carbocycles. The van der Waals surface area contributed by atoms with Crippen molar-refractivity contribution < 1.29 is 4.84 Å². The minimum Gasteiger partial charge on any atom is -0.381 e. The van der Waals surface area contributed by atoms with Gasteiger partial charge in [0.1, 0.15) is 0 Å². The predicted octanol–water partition coefficient (Wildman–Crippen LogP) is 2.57. The lowest BCUT2D eigenvalue weighted by atomic mass is 10.3. The van der Waals surface area contributed by atoms with Gasteiger partial charge in [0.15, 0.2) is 5.76 Å². The van der Waals surface area contributed by atoms with E-state index in [0.29, 0.717) is 0 Å². The van der Waals surface area contributed by atoms with E-state index in [-0.39, 0.29) is 0 Å². The largest absolute Gasteiger partial charge is 0.381 e. The molecule has 1 aromatic heterocycles. The van der Waals surface area contributed by atoms with Crippen molar-refractivity contribution in [1.29, 1.82) is 0 Å². The Hall–Kier alpha value is -0.870. The molecule has 60 valence electrons. The summed E-state index contributed by atoms with van der Waals surface area (Å²) < 4.78 is 0. The Morgan fingerprint density at radius 1 is 1.42 bits per heavy atom. The number of fused-ring (bicyclic) bond motifs is 2. The quantitative estimate of drug-likeness (QED) is 0.687. The molecule has 2 aliphatic heterocycles. The molecule has 0 atom stereocenters. The van der Waals surface area contributed by atoms with Crippen molar-refractivity contribution in [3.63, 3.8) is 0 Å². The average Bonchev–Trinajstić information content (AvgIpc) is 2.64. The van der Waals surface area contributed by atoms with E-state index in [1.165, 1.54) is 14.7 Å². The lowest BCUT2D eigenvalue weighted by Gasteiger charge is -2.08. The summed E-state index contributed by atoms with van der Waals surface area (Å²) in [7, 11) is 0. The number of rotatable bonds is 0. The molecule has 1 aromatic rings. The van der Waals surface area contributed by atoms with Gasteiger partial charge in [0.25, 0.3) is 0 Å². The van der Waals surface area contributed by atoms with Gasteiger partial charge < -0.3 is 4.84 Å². The summed E-state index contributed by atoms with van der Waals surface area (Å²) >= 11 is 3.49. The molecule has 0 aliphatic carbocycles. The molecule has 3 rings (SSSR count). The fourth-order valence-electron chi connectivity index (χ4n) is 1.18. The van der Waals surface area contributed by atoms with Crippen molar-refractivity contribution in [2.24, 2.45) is 0 Å². The third-order valence-corrected chi connectivity index (χ3v) is 3.85. The topological polar surface area (TPSA) is 21.3 Å². The molecule has 0 radical (unpaired) electrons. The summed E-state index contributed by atoms with van der Waals surface area (Å²) in [6, 6.07) is 2.14. The zero-order valence-corrected chi connectivity index (χ0v) is 7.67. The number of thiophene rings is 1. The highest BCUT2D eigenvalue weighted by molar-refractivity contribution is 8.03. The Morgan fingerprint density at radius 2 is 2.42 bits per heavy atom. The van der Waals surface area contributed by atoms with E-state index < -0.39 is 0 Å². The first-order chi connectivity index (χ1) is 5.93. The third-order valence-electron chi connectivity index (χ3n) is 1.74. The van der Waals surface area contributed by atoms with Crippen LogP contribution in [-0.2, 0) is 4.84 Å². The molecule has 4 heteroatoms. The second kappa shape index (κ2) is 2.31. The molecule has 0 saturated heterocycles. The molecule has 2 aliphatic rings. The smallest absolute Gasteiger partial charge is 0.171 e. The Kier molecular flexibility index (Phi) is 1.27. The van der Waals surface area contributed by atoms with Crippen LogP contribution in [0.4, 0.5) is 0 Å². The number of thioether (sulfide) groups is 1. The maximum atomic E-state index is 5.19. The van der Waals surface area contributed by atoms with Crippen LogP contribution >= 0.6 is 23.1 Å². The summed E-state index contributed by atoms with van der Waals surface area (Å²) in [5.74, 6) is 0.940. The summed E-state index contributed by atoms with van der Waals surface area (Å²) in [5, 5.41) is 2.10. The Balaban J connectivity index is 2.18. The normalized spacial score (nSPS) is 18.3. The van der Waals surface area contributed by atoms with Crippen molar-refractivity contribution in [1.82, 2.24) is 5.48 Å². The highest BCUT2D eigenvalue weighted by Gasteiger charge is 2.21. The van der Waals surface area contributed by atoms with E-state index >= 15 is 0 Å². The molecule has 0 fully saturated rings. The van der Waals surface area contributed by atoms with Crippen LogP contribution < -0.4 is 5.48 Å². The van der Waals surface area contributed by atoms with Crippen LogP contribution in [0.25, 0.3) is 6.08 Å². The Labute approximate surface area is 77.9 Å². The summed E-state index contributed by atoms with van der Waals surface area (Å²) in [6.07, 6.45) is 3.96. The molecular formula is C8H5NOS2. The minimum absolute atomic E-state index is 0.940. The Morgan fingerprint density at radius 3 is 3.42 bits per heavy atom. The monoisotopic (exact) mass is 195 g/mol. The van der Waals surface area contributed by atoms with Crippen molar-refractivity contribution >= 4 is 29.2 Å². The molecule has 2 nitrogen and oxygen atoms in total. The maximum absolute atomic E-state index is 5.19. The van der Waals surface area contributed by atoms with E-state index in [0.717, 1.165) is 5.76 Å². The van der Waals surface area contributed by atoms with Gasteiger partial charge in [-0.1, -0.05) is 11.8 Å². The molecule has 3 heterocycles. The zero-order chi connectivity index (χ0) is 7.97. The van der Waals surface area contributed by atoms with Crippen LogP contribution in [-0.4, -0.2) is 0 Å². The highest BCUT2D eigenvalue weighted by Crippen LogP contribution is 2.43. The lowest BCUT2D eigenvalue weighted by Crippen LogP contribution is -1.96. The zero-order valence-electron chi connectivity index (χ0n) is 6.03. The van der Waals surface area contributed by atoms with E-state index in [1.54, 1.807) is 23.1 Å². The molecular weight excluding hydrogens is 190 g/mol. The Bertz CT molecular complexity index is 392. The average molecular weight is 195 g/mol. The standard InChI is InChI=1S/C8H5NOS2/c1-2-11-7-3-5-8(4-9-10-5)12-6(1)7/h1-4,9H. The third kappa shape index (κ3) is 0.820. The highest BCUT2D eigenvalue weighted by atomic mass is 32.2. The number of hydrogen-bond donors (Lipinski definition) is 1. The SMILES string of the molecule is C1=C2ONC=C2Sc2ccsc21. The maximum Gasteiger partial charge on any atom is 0.171 e. The molecule has 12 heavy (non-hydrogen) atoms. The van der Waals surface area contributed by atoms with Gasteiger partial charge in [-0.15, -0.1) is 11.3 Å². The number of nitrogens with one attached hydrogen (secondary N) is 1. The van der Waals surface area contributed by atoms with Gasteiger partial charge in [0.05, 0.1) is 11.1 Å².